The van der Waals surface area contributed by atoms with Crippen molar-refractivity contribution in [3.8, 4) is 33.4 Å². The van der Waals surface area contributed by atoms with Crippen molar-refractivity contribution in [2.75, 3.05) is 4.90 Å². The molecule has 2 aliphatic rings. The molecule has 12 rings (SSSR count). The summed E-state index contributed by atoms with van der Waals surface area (Å²) in [7, 11) is 0. The van der Waals surface area contributed by atoms with Gasteiger partial charge in [-0.05, 0) is 129 Å². The zero-order chi connectivity index (χ0) is 40.0. The quantitative estimate of drug-likeness (QED) is 0.168. The Bertz CT molecular complexity index is 3290. The molecule has 0 aliphatic heterocycles. The molecule has 0 saturated carbocycles. The Morgan fingerprint density at radius 1 is 0.350 bits per heavy atom. The minimum atomic E-state index is -0.320. The van der Waals surface area contributed by atoms with Crippen LogP contribution in [0.5, 0.6) is 0 Å². The number of hydrogen-bond donors (Lipinski definition) is 0. The van der Waals surface area contributed by atoms with Gasteiger partial charge in [0.1, 0.15) is 11.2 Å². The Balaban J connectivity index is 1.06. The maximum atomic E-state index is 6.30. The lowest BCUT2D eigenvalue weighted by Crippen LogP contribution is -2.23. The molecule has 0 saturated heterocycles. The van der Waals surface area contributed by atoms with E-state index >= 15 is 0 Å². The van der Waals surface area contributed by atoms with Gasteiger partial charge in [-0.3, -0.25) is 0 Å². The zero-order valence-electron chi connectivity index (χ0n) is 33.6. The van der Waals surface area contributed by atoms with Gasteiger partial charge in [0.05, 0.1) is 0 Å². The van der Waals surface area contributed by atoms with E-state index in [0.717, 1.165) is 44.6 Å². The van der Waals surface area contributed by atoms with E-state index in [-0.39, 0.29) is 10.8 Å². The van der Waals surface area contributed by atoms with Gasteiger partial charge in [-0.15, -0.1) is 0 Å². The van der Waals surface area contributed by atoms with Gasteiger partial charge in [0.2, 0.25) is 0 Å². The van der Waals surface area contributed by atoms with E-state index in [4.69, 9.17) is 4.42 Å². The van der Waals surface area contributed by atoms with Gasteiger partial charge in [-0.1, -0.05) is 164 Å². The standard InChI is InChI=1S/C58H41NO/c1-57(39-16-5-3-6-17-39)51-25-13-10-21-46(51)49-36-42(33-35-52(49)57)59(41-30-28-38(29-31-41)44-23-15-27-55-56(44)48-22-11-14-26-54(48)60-55)43-32-34-47-45-20-9-12-24-50(45)58(2,53(47)37-43)40-18-7-4-8-19-40/h3-37H,1-2H3. The third-order valence-corrected chi connectivity index (χ3v) is 13.7. The minimum absolute atomic E-state index is 0.271. The van der Waals surface area contributed by atoms with Crippen molar-refractivity contribution in [1.82, 2.24) is 0 Å². The average molecular weight is 768 g/mol. The molecule has 10 aromatic rings. The smallest absolute Gasteiger partial charge is 0.136 e. The number of hydrogen-bond acceptors (Lipinski definition) is 2. The fourth-order valence-corrected chi connectivity index (χ4v) is 10.7. The molecule has 0 fully saturated rings. The highest BCUT2D eigenvalue weighted by Gasteiger charge is 2.42. The molecular formula is C58H41NO. The zero-order valence-corrected chi connectivity index (χ0v) is 33.6. The molecule has 0 N–H and O–H groups in total. The first-order valence-corrected chi connectivity index (χ1v) is 20.9. The summed E-state index contributed by atoms with van der Waals surface area (Å²) in [5.74, 6) is 0. The predicted molar refractivity (Wildman–Crippen MR) is 249 cm³/mol. The largest absolute Gasteiger partial charge is 0.456 e. The first kappa shape index (κ1) is 34.6. The van der Waals surface area contributed by atoms with Gasteiger partial charge >= 0.3 is 0 Å². The van der Waals surface area contributed by atoms with Crippen LogP contribution in [0, 0.1) is 0 Å². The fourth-order valence-electron chi connectivity index (χ4n) is 10.7. The number of rotatable bonds is 6. The van der Waals surface area contributed by atoms with Crippen LogP contribution in [0.3, 0.4) is 0 Å². The summed E-state index contributed by atoms with van der Waals surface area (Å²) in [6.45, 7) is 4.78. The molecule has 2 heteroatoms. The van der Waals surface area contributed by atoms with Crippen LogP contribution in [0.15, 0.2) is 217 Å². The van der Waals surface area contributed by atoms with Crippen LogP contribution in [-0.2, 0) is 10.8 Å². The lowest BCUT2D eigenvalue weighted by atomic mass is 9.74. The summed E-state index contributed by atoms with van der Waals surface area (Å²) in [4.78, 5) is 2.45. The monoisotopic (exact) mass is 767 g/mol. The van der Waals surface area contributed by atoms with E-state index < -0.39 is 0 Å². The number of nitrogens with zero attached hydrogens (tertiary/aromatic N) is 1. The van der Waals surface area contributed by atoms with Crippen LogP contribution < -0.4 is 4.90 Å². The second kappa shape index (κ2) is 13.0. The van der Waals surface area contributed by atoms with E-state index in [1.54, 1.807) is 0 Å². The molecule has 60 heavy (non-hydrogen) atoms. The molecule has 9 aromatic carbocycles. The predicted octanol–water partition coefficient (Wildman–Crippen LogP) is 15.4. The first-order valence-electron chi connectivity index (χ1n) is 20.9. The third-order valence-electron chi connectivity index (χ3n) is 13.7. The van der Waals surface area contributed by atoms with E-state index in [9.17, 15) is 0 Å². The molecule has 0 bridgehead atoms. The minimum Gasteiger partial charge on any atom is -0.456 e. The third kappa shape index (κ3) is 4.88. The van der Waals surface area contributed by atoms with Crippen molar-refractivity contribution in [3.05, 3.63) is 246 Å². The summed E-state index contributed by atoms with van der Waals surface area (Å²) >= 11 is 0. The average Bonchev–Trinajstić information content (AvgIpc) is 3.92. The molecular weight excluding hydrogens is 727 g/mol. The summed E-state index contributed by atoms with van der Waals surface area (Å²) in [5.41, 5.74) is 20.0. The van der Waals surface area contributed by atoms with Gasteiger partial charge in [0.15, 0.2) is 0 Å². The number of furan rings is 1. The Hall–Kier alpha value is -7.42. The highest BCUT2D eigenvalue weighted by molar-refractivity contribution is 6.12. The fraction of sp³-hybridized carbons (Fsp3) is 0.0690. The summed E-state index contributed by atoms with van der Waals surface area (Å²) in [6.07, 6.45) is 0. The summed E-state index contributed by atoms with van der Waals surface area (Å²) < 4.78 is 6.30. The molecule has 2 unspecified atom stereocenters. The molecule has 2 nitrogen and oxygen atoms in total. The molecule has 1 aromatic heterocycles. The highest BCUT2D eigenvalue weighted by atomic mass is 16.3. The number of fused-ring (bicyclic) bond motifs is 9. The van der Waals surface area contributed by atoms with Crippen molar-refractivity contribution in [1.29, 1.82) is 0 Å². The number of benzene rings is 9. The van der Waals surface area contributed by atoms with Gasteiger partial charge in [0.25, 0.3) is 0 Å². The lowest BCUT2D eigenvalue weighted by Gasteiger charge is -2.31. The molecule has 2 atom stereocenters. The molecule has 0 spiro atoms. The van der Waals surface area contributed by atoms with Crippen molar-refractivity contribution >= 4 is 39.0 Å². The van der Waals surface area contributed by atoms with E-state index in [0.29, 0.717) is 0 Å². The molecule has 0 amide bonds. The summed E-state index contributed by atoms with van der Waals surface area (Å²) in [6, 6.07) is 77.9. The maximum absolute atomic E-state index is 6.30. The highest BCUT2D eigenvalue weighted by Crippen LogP contribution is 2.56. The Labute approximate surface area is 350 Å². The van der Waals surface area contributed by atoms with Crippen LogP contribution in [0.2, 0.25) is 0 Å². The first-order chi connectivity index (χ1) is 29.5. The molecule has 0 radical (unpaired) electrons. The van der Waals surface area contributed by atoms with Gasteiger partial charge in [-0.2, -0.15) is 0 Å². The van der Waals surface area contributed by atoms with Crippen LogP contribution in [0.25, 0.3) is 55.3 Å². The summed E-state index contributed by atoms with van der Waals surface area (Å²) in [5, 5.41) is 2.28. The lowest BCUT2D eigenvalue weighted by molar-refractivity contribution is 0.669. The van der Waals surface area contributed by atoms with Gasteiger partial charge in [-0.25, -0.2) is 0 Å². The molecule has 1 heterocycles. The molecule has 284 valence electrons. The maximum Gasteiger partial charge on any atom is 0.136 e. The Morgan fingerprint density at radius 2 is 0.850 bits per heavy atom. The number of anilines is 3. The van der Waals surface area contributed by atoms with E-state index in [1.807, 2.05) is 6.07 Å². The molecule has 2 aliphatic carbocycles. The van der Waals surface area contributed by atoms with E-state index in [1.165, 1.54) is 61.2 Å². The van der Waals surface area contributed by atoms with Crippen LogP contribution in [-0.4, -0.2) is 0 Å². The number of para-hydroxylation sites is 1. The van der Waals surface area contributed by atoms with Crippen molar-refractivity contribution in [3.63, 3.8) is 0 Å². The Kier molecular flexibility index (Phi) is 7.52. The normalized spacial score (nSPS) is 17.3. The van der Waals surface area contributed by atoms with Gasteiger partial charge in [0, 0.05) is 38.7 Å². The van der Waals surface area contributed by atoms with Crippen molar-refractivity contribution in [2.24, 2.45) is 0 Å². The Morgan fingerprint density at radius 3 is 1.57 bits per heavy atom. The second-order valence-electron chi connectivity index (χ2n) is 16.7. The van der Waals surface area contributed by atoms with E-state index in [2.05, 4.69) is 225 Å². The van der Waals surface area contributed by atoms with Crippen LogP contribution in [0.1, 0.15) is 47.2 Å². The SMILES string of the molecule is CC1(c2ccccc2)c2ccccc2-c2cc(N(c3ccc(-c4cccc5oc6ccccc6c45)cc3)c3ccc4c(c3)C(C)(c3ccccc3)c3ccccc3-4)ccc21. The van der Waals surface area contributed by atoms with Crippen molar-refractivity contribution < 1.29 is 4.42 Å². The van der Waals surface area contributed by atoms with Crippen LogP contribution in [0.4, 0.5) is 17.1 Å². The van der Waals surface area contributed by atoms with Crippen molar-refractivity contribution in [2.45, 2.75) is 24.7 Å². The topological polar surface area (TPSA) is 16.4 Å². The van der Waals surface area contributed by atoms with Crippen LogP contribution >= 0.6 is 0 Å². The van der Waals surface area contributed by atoms with Gasteiger partial charge < -0.3 is 9.32 Å². The second-order valence-corrected chi connectivity index (χ2v) is 16.7.